The summed E-state index contributed by atoms with van der Waals surface area (Å²) in [6.45, 7) is 2.57. The van der Waals surface area contributed by atoms with Crippen molar-refractivity contribution in [3.05, 3.63) is 71.8 Å². The number of likely N-dealkylation sites (N-methyl/N-ethyl adjacent to an activating group) is 1. The minimum absolute atomic E-state index is 0.307. The molecule has 0 radical (unpaired) electrons. The van der Waals surface area contributed by atoms with Crippen molar-refractivity contribution >= 4 is 17.5 Å². The Morgan fingerprint density at radius 3 is 2.64 bits per heavy atom. The van der Waals surface area contributed by atoms with E-state index in [0.717, 1.165) is 18.7 Å². The number of nitrogens with one attached hydrogen (secondary N) is 1. The zero-order valence-corrected chi connectivity index (χ0v) is 16.2. The number of hydrogen-bond acceptors (Lipinski definition) is 6. The normalized spacial score (nSPS) is 10.4. The number of pyridine rings is 1. The van der Waals surface area contributed by atoms with Crippen LogP contribution in [0.5, 0.6) is 5.75 Å². The fourth-order valence-corrected chi connectivity index (χ4v) is 2.72. The largest absolute Gasteiger partial charge is 0.495 e. The number of para-hydroxylation sites is 2. The number of hydrogen-bond donors (Lipinski definition) is 1. The van der Waals surface area contributed by atoms with Crippen LogP contribution in [0.15, 0.2) is 54.9 Å². The van der Waals surface area contributed by atoms with Crippen LogP contribution in [0.25, 0.3) is 0 Å². The first-order valence-electron chi connectivity index (χ1n) is 8.97. The highest BCUT2D eigenvalue weighted by molar-refractivity contribution is 6.03. The van der Waals surface area contributed by atoms with Crippen molar-refractivity contribution in [2.75, 3.05) is 30.9 Å². The van der Waals surface area contributed by atoms with E-state index in [9.17, 15) is 4.79 Å². The first kappa shape index (κ1) is 19.3. The molecule has 3 rings (SSSR count). The van der Waals surface area contributed by atoms with Crippen LogP contribution in [-0.2, 0) is 6.42 Å². The lowest BCUT2D eigenvalue weighted by Crippen LogP contribution is -2.24. The maximum Gasteiger partial charge on any atom is 0.274 e. The summed E-state index contributed by atoms with van der Waals surface area (Å²) in [6, 6.07) is 12.9. The van der Waals surface area contributed by atoms with Gasteiger partial charge in [-0.25, -0.2) is 9.97 Å². The molecule has 0 bridgehead atoms. The number of benzene rings is 1. The summed E-state index contributed by atoms with van der Waals surface area (Å²) >= 11 is 0. The second-order valence-electron chi connectivity index (χ2n) is 6.38. The predicted molar refractivity (Wildman–Crippen MR) is 109 cm³/mol. The predicted octanol–water partition coefficient (Wildman–Crippen LogP) is 3.12. The van der Waals surface area contributed by atoms with E-state index in [1.165, 1.54) is 5.56 Å². The molecule has 0 atom stereocenters. The molecule has 1 N–H and O–H groups in total. The number of methoxy groups -OCH3 is 1. The highest BCUT2D eigenvalue weighted by atomic mass is 16.5. The van der Waals surface area contributed by atoms with Gasteiger partial charge in [0.1, 0.15) is 11.4 Å². The van der Waals surface area contributed by atoms with Gasteiger partial charge in [0, 0.05) is 31.7 Å². The molecule has 1 aromatic carbocycles. The number of aryl methyl sites for hydroxylation is 1. The second kappa shape index (κ2) is 8.94. The van der Waals surface area contributed by atoms with E-state index >= 15 is 0 Å². The fourth-order valence-electron chi connectivity index (χ4n) is 2.72. The van der Waals surface area contributed by atoms with Gasteiger partial charge < -0.3 is 15.0 Å². The van der Waals surface area contributed by atoms with Crippen LogP contribution < -0.4 is 15.0 Å². The lowest BCUT2D eigenvalue weighted by atomic mass is 10.2. The van der Waals surface area contributed by atoms with Crippen LogP contribution in [0.1, 0.15) is 21.7 Å². The molecule has 0 aliphatic rings. The summed E-state index contributed by atoms with van der Waals surface area (Å²) in [5, 5.41) is 2.85. The molecule has 1 amide bonds. The van der Waals surface area contributed by atoms with E-state index < -0.39 is 0 Å². The van der Waals surface area contributed by atoms with Gasteiger partial charge in [-0.15, -0.1) is 0 Å². The molecule has 3 aromatic rings. The van der Waals surface area contributed by atoms with Gasteiger partial charge in [-0.1, -0.05) is 12.1 Å². The number of amides is 1. The Labute approximate surface area is 164 Å². The van der Waals surface area contributed by atoms with Crippen molar-refractivity contribution in [3.63, 3.8) is 0 Å². The minimum Gasteiger partial charge on any atom is -0.495 e. The number of carbonyl (C=O) groups is 1. The average molecular weight is 377 g/mol. The van der Waals surface area contributed by atoms with Crippen LogP contribution in [0.4, 0.5) is 11.6 Å². The molecular formula is C21H23N5O2. The highest BCUT2D eigenvalue weighted by Gasteiger charge is 2.15. The molecule has 144 valence electrons. The van der Waals surface area contributed by atoms with Gasteiger partial charge >= 0.3 is 0 Å². The van der Waals surface area contributed by atoms with Crippen molar-refractivity contribution in [2.45, 2.75) is 13.3 Å². The third-order valence-corrected chi connectivity index (χ3v) is 4.26. The Hall–Kier alpha value is -3.48. The smallest absolute Gasteiger partial charge is 0.274 e. The summed E-state index contributed by atoms with van der Waals surface area (Å²) in [4.78, 5) is 27.6. The first-order chi connectivity index (χ1) is 13.6. The van der Waals surface area contributed by atoms with Crippen LogP contribution in [-0.4, -0.2) is 41.6 Å². The standard InChI is InChI=1S/C21H23N5O2/c1-15-14-18(20(27)24-17-6-4-5-7-19(17)28-3)25-21(23-15)26(2)13-10-16-8-11-22-12-9-16/h4-9,11-12,14H,10,13H2,1-3H3,(H,24,27). The molecule has 2 heterocycles. The van der Waals surface area contributed by atoms with Gasteiger partial charge in [0.2, 0.25) is 5.95 Å². The Morgan fingerprint density at radius 1 is 1.14 bits per heavy atom. The number of aromatic nitrogens is 3. The molecule has 0 spiro atoms. The summed E-state index contributed by atoms with van der Waals surface area (Å²) in [7, 11) is 3.48. The lowest BCUT2D eigenvalue weighted by Gasteiger charge is -2.18. The quantitative estimate of drug-likeness (QED) is 0.681. The molecule has 7 heteroatoms. The third kappa shape index (κ3) is 4.82. The lowest BCUT2D eigenvalue weighted by molar-refractivity contribution is 0.102. The van der Waals surface area contributed by atoms with Gasteiger partial charge in [0.05, 0.1) is 12.8 Å². The van der Waals surface area contributed by atoms with E-state index in [2.05, 4.69) is 20.3 Å². The maximum absolute atomic E-state index is 12.7. The van der Waals surface area contributed by atoms with Crippen molar-refractivity contribution < 1.29 is 9.53 Å². The molecule has 0 fully saturated rings. The van der Waals surface area contributed by atoms with E-state index in [-0.39, 0.29) is 5.91 Å². The van der Waals surface area contributed by atoms with E-state index in [1.54, 1.807) is 37.7 Å². The molecule has 0 aliphatic heterocycles. The number of carbonyl (C=O) groups excluding carboxylic acids is 1. The summed E-state index contributed by atoms with van der Waals surface area (Å²) in [5.41, 5.74) is 2.82. The van der Waals surface area contributed by atoms with Crippen molar-refractivity contribution in [3.8, 4) is 5.75 Å². The summed E-state index contributed by atoms with van der Waals surface area (Å²) in [5.74, 6) is 0.800. The van der Waals surface area contributed by atoms with Gasteiger partial charge in [-0.2, -0.15) is 0 Å². The molecule has 0 saturated carbocycles. The van der Waals surface area contributed by atoms with Gasteiger partial charge in [0.25, 0.3) is 5.91 Å². The molecule has 0 saturated heterocycles. The van der Waals surface area contributed by atoms with Gasteiger partial charge in [-0.3, -0.25) is 9.78 Å². The Bertz CT molecular complexity index is 947. The topological polar surface area (TPSA) is 80.2 Å². The molecule has 2 aromatic heterocycles. The zero-order valence-electron chi connectivity index (χ0n) is 16.2. The monoisotopic (exact) mass is 377 g/mol. The Kier molecular flexibility index (Phi) is 6.16. The van der Waals surface area contributed by atoms with Crippen LogP contribution in [0.3, 0.4) is 0 Å². The molecular weight excluding hydrogens is 354 g/mol. The van der Waals surface area contributed by atoms with E-state index in [1.807, 2.05) is 43.1 Å². The zero-order chi connectivity index (χ0) is 19.9. The number of anilines is 2. The Balaban J connectivity index is 1.74. The second-order valence-corrected chi connectivity index (χ2v) is 6.38. The van der Waals surface area contributed by atoms with Gasteiger partial charge in [0.15, 0.2) is 0 Å². The van der Waals surface area contributed by atoms with Crippen LogP contribution in [0.2, 0.25) is 0 Å². The minimum atomic E-state index is -0.307. The summed E-state index contributed by atoms with van der Waals surface area (Å²) in [6.07, 6.45) is 4.39. The molecule has 0 aliphatic carbocycles. The highest BCUT2D eigenvalue weighted by Crippen LogP contribution is 2.23. The van der Waals surface area contributed by atoms with Crippen LogP contribution in [0, 0.1) is 6.92 Å². The van der Waals surface area contributed by atoms with E-state index in [0.29, 0.717) is 23.1 Å². The first-order valence-corrected chi connectivity index (χ1v) is 8.97. The van der Waals surface area contributed by atoms with Crippen molar-refractivity contribution in [1.82, 2.24) is 15.0 Å². The number of ether oxygens (including phenoxy) is 1. The number of nitrogens with zero attached hydrogens (tertiary/aromatic N) is 4. The Morgan fingerprint density at radius 2 is 1.89 bits per heavy atom. The van der Waals surface area contributed by atoms with Crippen LogP contribution >= 0.6 is 0 Å². The molecule has 0 unspecified atom stereocenters. The van der Waals surface area contributed by atoms with Crippen molar-refractivity contribution in [1.29, 1.82) is 0 Å². The number of rotatable bonds is 7. The third-order valence-electron chi connectivity index (χ3n) is 4.26. The van der Waals surface area contributed by atoms with Gasteiger partial charge in [-0.05, 0) is 49.2 Å². The SMILES string of the molecule is COc1ccccc1NC(=O)c1cc(C)nc(N(C)CCc2ccncc2)n1. The molecule has 28 heavy (non-hydrogen) atoms. The van der Waals surface area contributed by atoms with Crippen molar-refractivity contribution in [2.24, 2.45) is 0 Å². The summed E-state index contributed by atoms with van der Waals surface area (Å²) < 4.78 is 5.28. The fraction of sp³-hybridized carbons (Fsp3) is 0.238. The maximum atomic E-state index is 12.7. The van der Waals surface area contributed by atoms with E-state index in [4.69, 9.17) is 4.74 Å². The molecule has 7 nitrogen and oxygen atoms in total. The average Bonchev–Trinajstić information content (AvgIpc) is 2.72.